The summed E-state index contributed by atoms with van der Waals surface area (Å²) in [6, 6.07) is 1.57. The molecule has 0 amide bonds. The first-order valence-electron chi connectivity index (χ1n) is 3.75. The normalized spacial score (nSPS) is 9.00. The second kappa shape index (κ2) is 4.65. The van der Waals surface area contributed by atoms with Crippen molar-refractivity contribution in [1.82, 2.24) is 0 Å². The van der Waals surface area contributed by atoms with Gasteiger partial charge in [-0.1, -0.05) is 11.8 Å². The van der Waals surface area contributed by atoms with E-state index in [-0.39, 0.29) is 0 Å². The Kier molecular flexibility index (Phi) is 3.50. The summed E-state index contributed by atoms with van der Waals surface area (Å²) in [6.07, 6.45) is 0.639. The van der Waals surface area contributed by atoms with E-state index in [9.17, 15) is 4.79 Å². The summed E-state index contributed by atoms with van der Waals surface area (Å²) in [6.45, 7) is 0.532. The molecule has 0 saturated heterocycles. The van der Waals surface area contributed by atoms with Crippen LogP contribution < -0.4 is 5.73 Å². The average Bonchev–Trinajstić information content (AvgIpc) is 2.53. The summed E-state index contributed by atoms with van der Waals surface area (Å²) in [5, 5.41) is 10.2. The van der Waals surface area contributed by atoms with Crippen molar-refractivity contribution in [3.05, 3.63) is 21.9 Å². The molecule has 68 valence electrons. The summed E-state index contributed by atoms with van der Waals surface area (Å²) in [4.78, 5) is 11.3. The molecule has 0 radical (unpaired) electrons. The molecule has 3 N–H and O–H groups in total. The highest BCUT2D eigenvalue weighted by molar-refractivity contribution is 7.10. The van der Waals surface area contributed by atoms with Crippen LogP contribution in [-0.2, 0) is 0 Å². The van der Waals surface area contributed by atoms with Crippen LogP contribution in [0.3, 0.4) is 0 Å². The molecule has 1 aromatic rings. The number of hydrogen-bond donors (Lipinski definition) is 2. The molecule has 3 nitrogen and oxygen atoms in total. The van der Waals surface area contributed by atoms with Crippen molar-refractivity contribution in [3.8, 4) is 11.8 Å². The van der Waals surface area contributed by atoms with Crippen LogP contribution in [0.4, 0.5) is 0 Å². The molecule has 13 heavy (non-hydrogen) atoms. The number of nitrogens with two attached hydrogens (primary N) is 1. The molecule has 0 aromatic carbocycles. The number of rotatable bonds is 2. The van der Waals surface area contributed by atoms with Crippen molar-refractivity contribution in [1.29, 1.82) is 0 Å². The van der Waals surface area contributed by atoms with Crippen molar-refractivity contribution in [2.75, 3.05) is 6.54 Å². The number of aromatic carboxylic acids is 1. The zero-order valence-corrected chi connectivity index (χ0v) is 7.73. The predicted molar refractivity (Wildman–Crippen MR) is 51.8 cm³/mol. The smallest absolute Gasteiger partial charge is 0.336 e. The van der Waals surface area contributed by atoms with Crippen molar-refractivity contribution in [3.63, 3.8) is 0 Å². The monoisotopic (exact) mass is 195 g/mol. The Bertz CT molecular complexity index is 359. The number of carbonyl (C=O) groups is 1. The van der Waals surface area contributed by atoms with Gasteiger partial charge in [-0.05, 0) is 6.07 Å². The summed E-state index contributed by atoms with van der Waals surface area (Å²) in [5.74, 6) is 4.78. The first kappa shape index (κ1) is 9.78. The van der Waals surface area contributed by atoms with Gasteiger partial charge in [0.2, 0.25) is 0 Å². The lowest BCUT2D eigenvalue weighted by Gasteiger charge is -1.81. The van der Waals surface area contributed by atoms with Gasteiger partial charge in [0.25, 0.3) is 0 Å². The molecule has 0 fully saturated rings. The van der Waals surface area contributed by atoms with E-state index in [2.05, 4.69) is 11.8 Å². The predicted octanol–water partition coefficient (Wildman–Crippen LogP) is 1.15. The van der Waals surface area contributed by atoms with Gasteiger partial charge in [-0.15, -0.1) is 11.3 Å². The van der Waals surface area contributed by atoms with Crippen LogP contribution in [0, 0.1) is 11.8 Å². The van der Waals surface area contributed by atoms with Crippen LogP contribution in [0.1, 0.15) is 21.7 Å². The highest BCUT2D eigenvalue weighted by atomic mass is 32.1. The molecule has 0 spiro atoms. The van der Waals surface area contributed by atoms with E-state index in [4.69, 9.17) is 10.8 Å². The molecular weight excluding hydrogens is 186 g/mol. The second-order valence-corrected chi connectivity index (χ2v) is 3.26. The maximum absolute atomic E-state index is 10.5. The largest absolute Gasteiger partial charge is 0.478 e. The number of hydrogen-bond acceptors (Lipinski definition) is 3. The first-order chi connectivity index (χ1) is 6.24. The number of carboxylic acid groups (broad SMARTS) is 1. The molecule has 1 heterocycles. The van der Waals surface area contributed by atoms with Crippen LogP contribution in [0.2, 0.25) is 0 Å². The number of carboxylic acids is 1. The summed E-state index contributed by atoms with van der Waals surface area (Å²) in [7, 11) is 0. The summed E-state index contributed by atoms with van der Waals surface area (Å²) < 4.78 is 0. The van der Waals surface area contributed by atoms with Crippen LogP contribution in [0.5, 0.6) is 0 Å². The Hall–Kier alpha value is -1.31. The Morgan fingerprint density at radius 2 is 2.46 bits per heavy atom. The standard InChI is InChI=1S/C9H9NO2S/c10-4-2-1-3-8-5-7(6-13-8)9(11)12/h5-6H,2,4,10H2,(H,11,12). The molecule has 1 rings (SSSR count). The van der Waals surface area contributed by atoms with E-state index in [1.807, 2.05) is 0 Å². The van der Waals surface area contributed by atoms with Crippen LogP contribution >= 0.6 is 11.3 Å². The van der Waals surface area contributed by atoms with Crippen molar-refractivity contribution < 1.29 is 9.90 Å². The molecule has 0 bridgehead atoms. The minimum Gasteiger partial charge on any atom is -0.478 e. The minimum atomic E-state index is -0.914. The third kappa shape index (κ3) is 2.90. The van der Waals surface area contributed by atoms with Gasteiger partial charge in [-0.2, -0.15) is 0 Å². The maximum atomic E-state index is 10.5. The third-order valence-corrected chi connectivity index (χ3v) is 2.17. The summed E-state index contributed by atoms with van der Waals surface area (Å²) >= 11 is 1.33. The lowest BCUT2D eigenvalue weighted by Crippen LogP contribution is -1.95. The van der Waals surface area contributed by atoms with Gasteiger partial charge >= 0.3 is 5.97 Å². The van der Waals surface area contributed by atoms with Crippen molar-refractivity contribution >= 4 is 17.3 Å². The fourth-order valence-electron chi connectivity index (χ4n) is 0.736. The van der Waals surface area contributed by atoms with E-state index < -0.39 is 5.97 Å². The zero-order chi connectivity index (χ0) is 9.68. The minimum absolute atomic E-state index is 0.294. The Morgan fingerprint density at radius 3 is 3.00 bits per heavy atom. The van der Waals surface area contributed by atoms with Crippen molar-refractivity contribution in [2.45, 2.75) is 6.42 Å². The topological polar surface area (TPSA) is 63.3 Å². The van der Waals surface area contributed by atoms with Gasteiger partial charge in [0, 0.05) is 18.3 Å². The molecular formula is C9H9NO2S. The van der Waals surface area contributed by atoms with Gasteiger partial charge in [0.15, 0.2) is 0 Å². The second-order valence-electron chi connectivity index (χ2n) is 2.35. The van der Waals surface area contributed by atoms with Crippen LogP contribution in [0.25, 0.3) is 0 Å². The highest BCUT2D eigenvalue weighted by Gasteiger charge is 2.03. The lowest BCUT2D eigenvalue weighted by molar-refractivity contribution is 0.0697. The maximum Gasteiger partial charge on any atom is 0.336 e. The summed E-state index contributed by atoms with van der Waals surface area (Å²) in [5.41, 5.74) is 5.55. The number of thiophene rings is 1. The van der Waals surface area contributed by atoms with E-state index in [1.54, 1.807) is 11.4 Å². The average molecular weight is 195 g/mol. The van der Waals surface area contributed by atoms with Gasteiger partial charge < -0.3 is 10.8 Å². The van der Waals surface area contributed by atoms with Crippen LogP contribution in [-0.4, -0.2) is 17.6 Å². The highest BCUT2D eigenvalue weighted by Crippen LogP contribution is 2.12. The fraction of sp³-hybridized carbons (Fsp3) is 0.222. The molecule has 0 aliphatic rings. The van der Waals surface area contributed by atoms with E-state index in [0.717, 1.165) is 4.88 Å². The van der Waals surface area contributed by atoms with Gasteiger partial charge in [-0.25, -0.2) is 4.79 Å². The van der Waals surface area contributed by atoms with Crippen LogP contribution in [0.15, 0.2) is 11.4 Å². The molecule has 0 atom stereocenters. The molecule has 0 saturated carbocycles. The quantitative estimate of drug-likeness (QED) is 0.696. The van der Waals surface area contributed by atoms with E-state index in [0.29, 0.717) is 18.5 Å². The third-order valence-electron chi connectivity index (χ3n) is 1.33. The molecule has 0 unspecified atom stereocenters. The van der Waals surface area contributed by atoms with E-state index in [1.165, 1.54) is 11.3 Å². The van der Waals surface area contributed by atoms with Crippen molar-refractivity contribution in [2.24, 2.45) is 5.73 Å². The van der Waals surface area contributed by atoms with Gasteiger partial charge in [0.1, 0.15) is 0 Å². The SMILES string of the molecule is NCCC#Cc1cc(C(=O)O)cs1. The molecule has 4 heteroatoms. The van der Waals surface area contributed by atoms with E-state index >= 15 is 0 Å². The molecule has 0 aliphatic carbocycles. The Morgan fingerprint density at radius 1 is 1.69 bits per heavy atom. The van der Waals surface area contributed by atoms with Gasteiger partial charge in [-0.3, -0.25) is 0 Å². The first-order valence-corrected chi connectivity index (χ1v) is 4.63. The Labute approximate surface area is 80.2 Å². The lowest BCUT2D eigenvalue weighted by atomic mass is 10.3. The zero-order valence-electron chi connectivity index (χ0n) is 6.91. The molecule has 0 aliphatic heterocycles. The van der Waals surface area contributed by atoms with Gasteiger partial charge in [0.05, 0.1) is 10.4 Å². The fourth-order valence-corrected chi connectivity index (χ4v) is 1.48. The Balaban J connectivity index is 2.71. The molecule has 1 aromatic heterocycles.